The number of carbonyl (C=O) groups is 1. The van der Waals surface area contributed by atoms with E-state index in [9.17, 15) is 9.18 Å². The zero-order chi connectivity index (χ0) is 34.8. The van der Waals surface area contributed by atoms with Crippen LogP contribution < -0.4 is 10.6 Å². The monoisotopic (exact) mass is 656 g/mol. The van der Waals surface area contributed by atoms with Crippen LogP contribution in [-0.4, -0.2) is 49.2 Å². The molecule has 0 spiro atoms. The summed E-state index contributed by atoms with van der Waals surface area (Å²) >= 11 is 0. The lowest BCUT2D eigenvalue weighted by atomic mass is 10.0. The minimum Gasteiger partial charge on any atom is -0.337 e. The number of nitrogens with zero attached hydrogens (tertiary/aromatic N) is 4. The third-order valence-corrected chi connectivity index (χ3v) is 7.37. The van der Waals surface area contributed by atoms with Gasteiger partial charge in [-0.2, -0.15) is 14.7 Å². The molecule has 0 fully saturated rings. The first-order valence-electron chi connectivity index (χ1n) is 15.5. The average Bonchev–Trinajstić information content (AvgIpc) is 3.74. The molecule has 0 atom stereocenters. The van der Waals surface area contributed by atoms with Crippen molar-refractivity contribution in [3.8, 4) is 33.8 Å². The van der Waals surface area contributed by atoms with Gasteiger partial charge < -0.3 is 15.6 Å². The van der Waals surface area contributed by atoms with Gasteiger partial charge in [-0.25, -0.2) is 14.4 Å². The summed E-state index contributed by atoms with van der Waals surface area (Å²) in [5, 5.41) is 14.3. The van der Waals surface area contributed by atoms with Crippen LogP contribution in [0.25, 0.3) is 55.8 Å². The highest BCUT2D eigenvalue weighted by atomic mass is 19.1. The maximum Gasteiger partial charge on any atom is 0.373 e. The lowest BCUT2D eigenvalue weighted by Crippen LogP contribution is -2.14. The average molecular weight is 657 g/mol. The molecule has 0 aliphatic heterocycles. The number of imidazole rings is 1. The Labute approximate surface area is 281 Å². The highest BCUT2D eigenvalue weighted by Gasteiger charge is 2.17. The highest BCUT2D eigenvalue weighted by molar-refractivity contribution is 5.98. The third-order valence-electron chi connectivity index (χ3n) is 7.37. The van der Waals surface area contributed by atoms with E-state index in [4.69, 9.17) is 14.6 Å². The number of aromatic amines is 2. The summed E-state index contributed by atoms with van der Waals surface area (Å²) < 4.78 is 14.5. The topological polar surface area (TPSA) is 158 Å². The van der Waals surface area contributed by atoms with Crippen LogP contribution in [0.2, 0.25) is 0 Å². The fraction of sp³-hybridized carbons (Fsp3) is 0.135. The third kappa shape index (κ3) is 7.96. The minimum atomic E-state index is -0.298. The van der Waals surface area contributed by atoms with E-state index in [1.54, 1.807) is 18.6 Å². The van der Waals surface area contributed by atoms with Crippen molar-refractivity contribution < 1.29 is 18.8 Å². The summed E-state index contributed by atoms with van der Waals surface area (Å²) in [5.41, 5.74) is 8.29. The van der Waals surface area contributed by atoms with E-state index in [1.165, 1.54) is 12.1 Å². The molecule has 0 saturated carbocycles. The van der Waals surface area contributed by atoms with E-state index in [-0.39, 0.29) is 24.3 Å². The van der Waals surface area contributed by atoms with Gasteiger partial charge in [0.15, 0.2) is 11.5 Å². The van der Waals surface area contributed by atoms with Crippen LogP contribution in [-0.2, 0) is 27.3 Å². The van der Waals surface area contributed by atoms with Gasteiger partial charge in [-0.15, -0.1) is 0 Å². The summed E-state index contributed by atoms with van der Waals surface area (Å²) in [4.78, 5) is 46.1. The zero-order valence-corrected chi connectivity index (χ0v) is 27.0. The first kappa shape index (κ1) is 34.0. The summed E-state index contributed by atoms with van der Waals surface area (Å²) in [6.07, 6.45) is 5.59. The number of pyridine rings is 2. The van der Waals surface area contributed by atoms with Crippen LogP contribution in [0.4, 0.5) is 10.1 Å². The number of fused-ring (bicyclic) bond motifs is 2. The van der Waals surface area contributed by atoms with Crippen molar-refractivity contribution in [1.82, 2.24) is 35.5 Å². The van der Waals surface area contributed by atoms with Gasteiger partial charge in [0.1, 0.15) is 11.5 Å². The number of hydrogen-bond donors (Lipinski definition) is 4. The van der Waals surface area contributed by atoms with Gasteiger partial charge in [0, 0.05) is 35.6 Å². The van der Waals surface area contributed by atoms with E-state index in [1.807, 2.05) is 87.6 Å². The summed E-state index contributed by atoms with van der Waals surface area (Å²) in [7, 11) is 1.83. The van der Waals surface area contributed by atoms with Crippen LogP contribution in [0.1, 0.15) is 25.0 Å². The van der Waals surface area contributed by atoms with E-state index in [2.05, 4.69) is 35.8 Å². The number of hydrogen-bond acceptors (Lipinski definition) is 8. The largest absolute Gasteiger partial charge is 0.373 e. The lowest BCUT2D eigenvalue weighted by Gasteiger charge is -2.07. The van der Waals surface area contributed by atoms with Crippen molar-refractivity contribution >= 4 is 39.8 Å². The number of benzene rings is 3. The van der Waals surface area contributed by atoms with Crippen molar-refractivity contribution in [3.05, 3.63) is 114 Å². The number of rotatable bonds is 8. The molecule has 0 unspecified atom stereocenters. The molecule has 7 rings (SSSR count). The van der Waals surface area contributed by atoms with Crippen LogP contribution in [0, 0.1) is 5.82 Å². The molecule has 7 aromatic rings. The quantitative estimate of drug-likeness (QED) is 0.140. The van der Waals surface area contributed by atoms with Gasteiger partial charge in [0.2, 0.25) is 5.91 Å². The normalized spacial score (nSPS) is 10.4. The number of carbonyl (C=O) groups excluding carboxylic acids is 3. The fourth-order valence-corrected chi connectivity index (χ4v) is 5.39. The molecule has 4 N–H and O–H groups in total. The predicted molar refractivity (Wildman–Crippen MR) is 185 cm³/mol. The Hall–Kier alpha value is -6.36. The van der Waals surface area contributed by atoms with Crippen molar-refractivity contribution in [1.29, 1.82) is 0 Å². The summed E-state index contributed by atoms with van der Waals surface area (Å²) in [6.45, 7) is 4.56. The van der Waals surface area contributed by atoms with Gasteiger partial charge in [0.25, 0.3) is 0 Å². The number of H-pyrrole nitrogens is 2. The lowest BCUT2D eigenvalue weighted by molar-refractivity contribution is -0.191. The van der Waals surface area contributed by atoms with E-state index < -0.39 is 0 Å². The summed E-state index contributed by atoms with van der Waals surface area (Å²) in [5.74, 6) is 0.162. The van der Waals surface area contributed by atoms with E-state index >= 15 is 0 Å². The van der Waals surface area contributed by atoms with Crippen LogP contribution in [0.3, 0.4) is 0 Å². The molecule has 4 aromatic heterocycles. The standard InChI is InChI=1S/C34H27FN8O.C2H6.CO2/c1-36-16-21-10-22(13-25(35)11-21)27-8-5-9-29-31(27)41-34(40-29)32-28-15-24(18-38-33(28)43-42-32)23-14-26(19-37-17-23)39-30(44)12-20-6-3-2-4-7-20;1-2;2-1-3/h2-11,13-15,17-19,36H,12,16H2,1H3,(H,39,44)(H,40,41)(H,38,42,43);1-2H3;. The van der Waals surface area contributed by atoms with Gasteiger partial charge in [-0.1, -0.05) is 56.3 Å². The number of amides is 1. The second-order valence-electron chi connectivity index (χ2n) is 10.6. The molecular formula is C37H33FN8O3. The fourth-order valence-electron chi connectivity index (χ4n) is 5.39. The molecule has 0 aliphatic carbocycles. The Morgan fingerprint density at radius 1 is 0.878 bits per heavy atom. The van der Waals surface area contributed by atoms with Crippen LogP contribution in [0.5, 0.6) is 0 Å². The van der Waals surface area contributed by atoms with Crippen LogP contribution >= 0.6 is 0 Å². The van der Waals surface area contributed by atoms with Gasteiger partial charge >= 0.3 is 6.15 Å². The molecule has 12 heteroatoms. The molecule has 0 bridgehead atoms. The van der Waals surface area contributed by atoms with Crippen molar-refractivity contribution in [3.63, 3.8) is 0 Å². The minimum absolute atomic E-state index is 0.124. The Morgan fingerprint density at radius 3 is 2.43 bits per heavy atom. The van der Waals surface area contributed by atoms with E-state index in [0.29, 0.717) is 29.4 Å². The maximum absolute atomic E-state index is 14.5. The number of aromatic nitrogens is 6. The molecule has 4 heterocycles. The SMILES string of the molecule is CC.CNCc1cc(F)cc(-c2cccc3[nH]c(-c4[nH]nc5ncc(-c6cncc(NC(=O)Cc7ccccc7)c6)cc45)nc23)c1.O=C=O. The Kier molecular flexibility index (Phi) is 11.1. The van der Waals surface area contributed by atoms with Crippen LogP contribution in [0.15, 0.2) is 97.5 Å². The molecule has 0 saturated heterocycles. The van der Waals surface area contributed by atoms with Crippen molar-refractivity contribution in [2.24, 2.45) is 0 Å². The first-order valence-corrected chi connectivity index (χ1v) is 15.5. The summed E-state index contributed by atoms with van der Waals surface area (Å²) in [6, 6.07) is 24.2. The second-order valence-corrected chi connectivity index (χ2v) is 10.6. The Morgan fingerprint density at radius 2 is 1.65 bits per heavy atom. The number of halogens is 1. The molecule has 1 amide bonds. The first-order chi connectivity index (χ1) is 23.9. The highest BCUT2D eigenvalue weighted by Crippen LogP contribution is 2.33. The van der Waals surface area contributed by atoms with Crippen molar-refractivity contribution in [2.75, 3.05) is 12.4 Å². The molecule has 0 radical (unpaired) electrons. The smallest absolute Gasteiger partial charge is 0.337 e. The predicted octanol–water partition coefficient (Wildman–Crippen LogP) is 6.71. The Balaban J connectivity index is 0.000000889. The maximum atomic E-state index is 14.5. The van der Waals surface area contributed by atoms with E-state index in [0.717, 1.165) is 49.8 Å². The molecule has 11 nitrogen and oxygen atoms in total. The molecule has 3 aromatic carbocycles. The molecule has 49 heavy (non-hydrogen) atoms. The van der Waals surface area contributed by atoms with Gasteiger partial charge in [-0.3, -0.25) is 14.9 Å². The zero-order valence-electron chi connectivity index (χ0n) is 27.0. The van der Waals surface area contributed by atoms with Gasteiger partial charge in [-0.05, 0) is 60.1 Å². The number of anilines is 1. The van der Waals surface area contributed by atoms with Gasteiger partial charge in [0.05, 0.1) is 34.7 Å². The number of para-hydroxylation sites is 1. The second kappa shape index (κ2) is 16.0. The molecular weight excluding hydrogens is 623 g/mol. The number of nitrogens with one attached hydrogen (secondary N) is 4. The van der Waals surface area contributed by atoms with Crippen molar-refractivity contribution in [2.45, 2.75) is 26.8 Å². The molecule has 0 aliphatic rings. The molecule has 246 valence electrons. The Bertz CT molecular complexity index is 2240.